The molecule has 5 aliphatic heterocycles. The number of carbonyl (C=O) groups excluding carboxylic acids is 2. The lowest BCUT2D eigenvalue weighted by atomic mass is 9.46. The molecule has 2 saturated carbocycles. The molecule has 0 N–H and O–H groups in total. The maximum absolute atomic E-state index is 13.3. The zero-order chi connectivity index (χ0) is 24.7. The third-order valence-electron chi connectivity index (χ3n) is 11.4. The minimum Gasteiger partial charge on any atom is -0.458 e. The monoisotopic (exact) mass is 535 g/mol. The summed E-state index contributed by atoms with van der Waals surface area (Å²) in [4.78, 5) is 28.0. The molecule has 0 aromatic rings. The van der Waals surface area contributed by atoms with Gasteiger partial charge in [0.25, 0.3) is 0 Å². The summed E-state index contributed by atoms with van der Waals surface area (Å²) in [5, 5.41) is 0. The van der Waals surface area contributed by atoms with Crippen LogP contribution in [0.5, 0.6) is 0 Å². The molecule has 204 valence electrons. The number of esters is 2. The number of cyclic esters (lactones) is 1. The summed E-state index contributed by atoms with van der Waals surface area (Å²) in [5.41, 5.74) is 0.0557. The highest BCUT2D eigenvalue weighted by atomic mass is 35.5. The molecule has 4 saturated heterocycles. The zero-order valence-electron chi connectivity index (χ0n) is 22.0. The van der Waals surface area contributed by atoms with E-state index < -0.39 is 22.9 Å². The van der Waals surface area contributed by atoms with Crippen LogP contribution in [0.1, 0.15) is 65.7 Å². The van der Waals surface area contributed by atoms with Crippen molar-refractivity contribution in [3.8, 4) is 0 Å². The van der Waals surface area contributed by atoms with Crippen LogP contribution in [-0.2, 0) is 33.3 Å². The van der Waals surface area contributed by atoms with Crippen LogP contribution in [0.15, 0.2) is 11.1 Å². The summed E-state index contributed by atoms with van der Waals surface area (Å²) in [7, 11) is 0. The normalized spacial score (nSPS) is 50.1. The summed E-state index contributed by atoms with van der Waals surface area (Å²) in [6.45, 7) is 10.2. The van der Waals surface area contributed by atoms with Gasteiger partial charge in [-0.15, -0.1) is 12.4 Å². The third kappa shape index (κ3) is 2.79. The molecule has 3 aliphatic carbocycles. The van der Waals surface area contributed by atoms with Crippen molar-refractivity contribution in [3.05, 3.63) is 11.1 Å². The molecule has 0 bridgehead atoms. The molecule has 0 aromatic carbocycles. The average molecular weight is 536 g/mol. The fourth-order valence-electron chi connectivity index (χ4n) is 9.49. The standard InChI is InChI=1S/C28H37NO7.ClH/c1-15(2)26-21(35-26)22-28(36-22)25(3)9-8-16-17(14-32-23(16)31)18(25)13-19-27(28,34-19)24(26)33-20(30)7-6-12-29-10-4-5-11-29;/h15,18-19,21-22,24H,4-14H2,1-3H3;1H/t18-,19-,21-,22-,24?,25-,26-,27+,28+;/m0./s1. The minimum atomic E-state index is -0.660. The lowest BCUT2D eigenvalue weighted by Gasteiger charge is -2.53. The molecule has 0 amide bonds. The zero-order valence-corrected chi connectivity index (χ0v) is 22.8. The number of hydrogen-bond acceptors (Lipinski definition) is 8. The molecule has 5 heterocycles. The van der Waals surface area contributed by atoms with Crippen molar-refractivity contribution in [1.82, 2.24) is 4.90 Å². The predicted molar refractivity (Wildman–Crippen MR) is 133 cm³/mol. The number of epoxide rings is 3. The van der Waals surface area contributed by atoms with E-state index in [-0.39, 0.29) is 59.9 Å². The maximum atomic E-state index is 13.3. The van der Waals surface area contributed by atoms with Crippen LogP contribution < -0.4 is 0 Å². The van der Waals surface area contributed by atoms with Crippen molar-refractivity contribution in [2.24, 2.45) is 17.3 Å². The van der Waals surface area contributed by atoms with Crippen LogP contribution in [0.25, 0.3) is 0 Å². The van der Waals surface area contributed by atoms with E-state index in [4.69, 9.17) is 23.7 Å². The number of ether oxygens (including phenoxy) is 5. The Kier molecular flexibility index (Phi) is 5.18. The van der Waals surface area contributed by atoms with Crippen LogP contribution in [-0.4, -0.2) is 84.3 Å². The Hall–Kier alpha value is -1.19. The van der Waals surface area contributed by atoms with Gasteiger partial charge >= 0.3 is 11.9 Å². The highest BCUT2D eigenvalue weighted by molar-refractivity contribution is 5.92. The van der Waals surface area contributed by atoms with Gasteiger partial charge in [0.1, 0.15) is 30.0 Å². The van der Waals surface area contributed by atoms with Gasteiger partial charge in [-0.1, -0.05) is 20.8 Å². The molecular formula is C28H38ClNO7. The maximum Gasteiger partial charge on any atom is 0.334 e. The van der Waals surface area contributed by atoms with E-state index in [1.165, 1.54) is 12.8 Å². The Balaban J connectivity index is 0.00000231. The summed E-state index contributed by atoms with van der Waals surface area (Å²) in [5.74, 6) is 0.0564. The van der Waals surface area contributed by atoms with Gasteiger partial charge in [-0.05, 0) is 75.6 Å². The predicted octanol–water partition coefficient (Wildman–Crippen LogP) is 2.95. The smallest absolute Gasteiger partial charge is 0.334 e. The van der Waals surface area contributed by atoms with Gasteiger partial charge in [0, 0.05) is 17.4 Å². The highest BCUT2D eigenvalue weighted by Gasteiger charge is 3.01. The van der Waals surface area contributed by atoms with E-state index in [1.54, 1.807) is 0 Å². The first-order valence-corrected chi connectivity index (χ1v) is 14.1. The number of nitrogens with zero attached hydrogens (tertiary/aromatic N) is 1. The number of carbonyl (C=O) groups is 2. The van der Waals surface area contributed by atoms with Crippen molar-refractivity contribution in [1.29, 1.82) is 0 Å². The molecule has 9 atom stereocenters. The van der Waals surface area contributed by atoms with Gasteiger partial charge in [0.2, 0.25) is 0 Å². The molecule has 0 radical (unpaired) electrons. The largest absolute Gasteiger partial charge is 0.458 e. The Labute approximate surface area is 224 Å². The molecule has 2 spiro atoms. The lowest BCUT2D eigenvalue weighted by molar-refractivity contribution is -0.169. The molecular weight excluding hydrogens is 498 g/mol. The minimum absolute atomic E-state index is 0. The Morgan fingerprint density at radius 2 is 1.95 bits per heavy atom. The van der Waals surface area contributed by atoms with Crippen LogP contribution in [0, 0.1) is 17.3 Å². The Morgan fingerprint density at radius 3 is 2.70 bits per heavy atom. The number of hydrogen-bond donors (Lipinski definition) is 0. The van der Waals surface area contributed by atoms with Gasteiger partial charge in [0.15, 0.2) is 11.7 Å². The van der Waals surface area contributed by atoms with Crippen LogP contribution in [0.3, 0.4) is 0 Å². The van der Waals surface area contributed by atoms with Gasteiger partial charge < -0.3 is 28.6 Å². The van der Waals surface area contributed by atoms with Crippen LogP contribution in [0.2, 0.25) is 0 Å². The molecule has 1 unspecified atom stereocenters. The van der Waals surface area contributed by atoms with E-state index >= 15 is 0 Å². The third-order valence-corrected chi connectivity index (χ3v) is 11.4. The Bertz CT molecular complexity index is 1090. The second-order valence-electron chi connectivity index (χ2n) is 13.0. The van der Waals surface area contributed by atoms with E-state index in [1.807, 2.05) is 0 Å². The van der Waals surface area contributed by atoms with E-state index in [0.29, 0.717) is 19.4 Å². The van der Waals surface area contributed by atoms with Gasteiger partial charge in [-0.2, -0.15) is 0 Å². The molecule has 6 fully saturated rings. The molecule has 8 rings (SSSR count). The SMILES string of the molecule is CC(C)[C@]12O[C@H]1[C@@H]1O[C@@]13[C@@]1(C)CCC4=C(COC4=O)[C@@H]1C[C@@H]1O[C@@]13C2OC(=O)CCCN1CCCC1.Cl. The molecule has 37 heavy (non-hydrogen) atoms. The van der Waals surface area contributed by atoms with Gasteiger partial charge in [-0.25, -0.2) is 4.79 Å². The second-order valence-corrected chi connectivity index (χ2v) is 13.0. The van der Waals surface area contributed by atoms with E-state index in [0.717, 1.165) is 50.0 Å². The van der Waals surface area contributed by atoms with E-state index in [2.05, 4.69) is 25.7 Å². The molecule has 8 aliphatic rings. The van der Waals surface area contributed by atoms with Crippen molar-refractivity contribution in [3.63, 3.8) is 0 Å². The first-order valence-electron chi connectivity index (χ1n) is 14.1. The first kappa shape index (κ1) is 24.8. The first-order chi connectivity index (χ1) is 17.3. The van der Waals surface area contributed by atoms with E-state index in [9.17, 15) is 9.59 Å². The Morgan fingerprint density at radius 1 is 1.16 bits per heavy atom. The number of fused-ring (bicyclic) bond motifs is 4. The topological polar surface area (TPSA) is 93.4 Å². The van der Waals surface area contributed by atoms with Crippen molar-refractivity contribution < 1.29 is 33.3 Å². The quantitative estimate of drug-likeness (QED) is 0.378. The van der Waals surface area contributed by atoms with Crippen molar-refractivity contribution >= 4 is 24.3 Å². The summed E-state index contributed by atoms with van der Waals surface area (Å²) in [6, 6.07) is 0. The number of rotatable bonds is 6. The molecule has 8 nitrogen and oxygen atoms in total. The summed E-state index contributed by atoms with van der Waals surface area (Å²) in [6.07, 6.45) is 5.45. The average Bonchev–Trinajstić information content (AvgIpc) is 3.77. The van der Waals surface area contributed by atoms with Crippen LogP contribution >= 0.6 is 12.4 Å². The van der Waals surface area contributed by atoms with Crippen molar-refractivity contribution in [2.75, 3.05) is 26.2 Å². The fourth-order valence-corrected chi connectivity index (χ4v) is 9.49. The van der Waals surface area contributed by atoms with Crippen LogP contribution in [0.4, 0.5) is 0 Å². The van der Waals surface area contributed by atoms with Gasteiger partial charge in [0.05, 0.1) is 6.10 Å². The number of likely N-dealkylation sites (tertiary alicyclic amines) is 1. The second kappa shape index (κ2) is 7.72. The lowest BCUT2D eigenvalue weighted by Crippen LogP contribution is -2.70. The highest BCUT2D eigenvalue weighted by Crippen LogP contribution is 2.83. The summed E-state index contributed by atoms with van der Waals surface area (Å²) >= 11 is 0. The fraction of sp³-hybridized carbons (Fsp3) is 0.857. The van der Waals surface area contributed by atoms with Gasteiger partial charge in [-0.3, -0.25) is 4.79 Å². The molecule has 0 aromatic heterocycles. The summed E-state index contributed by atoms with van der Waals surface area (Å²) < 4.78 is 31.8. The van der Waals surface area contributed by atoms with Crippen molar-refractivity contribution in [2.45, 2.75) is 107 Å². The molecule has 9 heteroatoms. The number of halogens is 1.